The van der Waals surface area contributed by atoms with Gasteiger partial charge in [-0.25, -0.2) is 4.98 Å². The number of halogens is 1. The third-order valence-corrected chi connectivity index (χ3v) is 5.13. The van der Waals surface area contributed by atoms with E-state index < -0.39 is 0 Å². The predicted molar refractivity (Wildman–Crippen MR) is 89.9 cm³/mol. The molecule has 1 aromatic heterocycles. The van der Waals surface area contributed by atoms with Gasteiger partial charge in [-0.2, -0.15) is 0 Å². The highest BCUT2D eigenvalue weighted by molar-refractivity contribution is 7.13. The van der Waals surface area contributed by atoms with Crippen molar-refractivity contribution in [2.45, 2.75) is 25.4 Å². The van der Waals surface area contributed by atoms with E-state index in [1.807, 2.05) is 24.3 Å². The summed E-state index contributed by atoms with van der Waals surface area (Å²) in [6, 6.07) is 8.51. The minimum absolute atomic E-state index is 0.619. The Morgan fingerprint density at radius 3 is 2.95 bits per heavy atom. The number of rotatable bonds is 4. The van der Waals surface area contributed by atoms with Gasteiger partial charge in [-0.15, -0.1) is 11.3 Å². The summed E-state index contributed by atoms with van der Waals surface area (Å²) in [7, 11) is 2.05. The zero-order valence-electron chi connectivity index (χ0n) is 12.2. The molecule has 1 unspecified atom stereocenters. The first-order chi connectivity index (χ1) is 10.2. The van der Waals surface area contributed by atoms with Gasteiger partial charge in [0.2, 0.25) is 0 Å². The molecule has 2 aromatic rings. The maximum Gasteiger partial charge on any atom is 0.123 e. The SMILES string of the molecule is CNC1CCCN(Cc2csc(-c3ccc(Cl)cc3)n2)C1. The molecule has 1 aliphatic rings. The van der Waals surface area contributed by atoms with Crippen LogP contribution < -0.4 is 5.32 Å². The summed E-state index contributed by atoms with van der Waals surface area (Å²) in [6.07, 6.45) is 2.54. The van der Waals surface area contributed by atoms with Gasteiger partial charge in [-0.1, -0.05) is 23.7 Å². The van der Waals surface area contributed by atoms with Crippen molar-refractivity contribution in [3.8, 4) is 10.6 Å². The number of benzene rings is 1. The Labute approximate surface area is 135 Å². The lowest BCUT2D eigenvalue weighted by atomic mass is 10.1. The second kappa shape index (κ2) is 6.88. The Bertz CT molecular complexity index is 581. The molecule has 1 atom stereocenters. The molecule has 0 amide bonds. The van der Waals surface area contributed by atoms with Crippen molar-refractivity contribution in [1.29, 1.82) is 0 Å². The van der Waals surface area contributed by atoms with Crippen molar-refractivity contribution >= 4 is 22.9 Å². The molecule has 1 saturated heterocycles. The second-order valence-electron chi connectivity index (χ2n) is 5.51. The molecule has 2 heterocycles. The van der Waals surface area contributed by atoms with Crippen LogP contribution in [0.2, 0.25) is 5.02 Å². The lowest BCUT2D eigenvalue weighted by Crippen LogP contribution is -2.43. The van der Waals surface area contributed by atoms with Gasteiger partial charge in [0.15, 0.2) is 0 Å². The molecule has 3 rings (SSSR count). The van der Waals surface area contributed by atoms with E-state index in [2.05, 4.69) is 22.6 Å². The molecular formula is C16H20ClN3S. The fourth-order valence-electron chi connectivity index (χ4n) is 2.77. The quantitative estimate of drug-likeness (QED) is 0.931. The Morgan fingerprint density at radius 1 is 1.38 bits per heavy atom. The smallest absolute Gasteiger partial charge is 0.123 e. The molecule has 21 heavy (non-hydrogen) atoms. The van der Waals surface area contributed by atoms with E-state index in [0.717, 1.165) is 28.7 Å². The summed E-state index contributed by atoms with van der Waals surface area (Å²) in [5.41, 5.74) is 2.31. The molecule has 1 fully saturated rings. The Balaban J connectivity index is 1.66. The van der Waals surface area contributed by atoms with E-state index in [9.17, 15) is 0 Å². The van der Waals surface area contributed by atoms with E-state index in [1.165, 1.54) is 25.1 Å². The van der Waals surface area contributed by atoms with E-state index in [-0.39, 0.29) is 0 Å². The van der Waals surface area contributed by atoms with Crippen LogP contribution in [0.15, 0.2) is 29.6 Å². The Hall–Kier alpha value is -0.940. The summed E-state index contributed by atoms with van der Waals surface area (Å²) in [4.78, 5) is 7.26. The summed E-state index contributed by atoms with van der Waals surface area (Å²) < 4.78 is 0. The van der Waals surface area contributed by atoms with E-state index in [1.54, 1.807) is 11.3 Å². The number of likely N-dealkylation sites (N-methyl/N-ethyl adjacent to an activating group) is 1. The minimum Gasteiger partial charge on any atom is -0.316 e. The average molecular weight is 322 g/mol. The maximum atomic E-state index is 5.93. The first-order valence-electron chi connectivity index (χ1n) is 7.34. The molecule has 0 radical (unpaired) electrons. The number of hydrogen-bond acceptors (Lipinski definition) is 4. The third-order valence-electron chi connectivity index (χ3n) is 3.94. The monoisotopic (exact) mass is 321 g/mol. The van der Waals surface area contributed by atoms with Gasteiger partial charge in [0.05, 0.1) is 5.69 Å². The normalized spacial score (nSPS) is 19.8. The van der Waals surface area contributed by atoms with Gasteiger partial charge in [0.25, 0.3) is 0 Å². The molecule has 1 aliphatic heterocycles. The number of thiazole rings is 1. The average Bonchev–Trinajstić information content (AvgIpc) is 2.96. The predicted octanol–water partition coefficient (Wildman–Crippen LogP) is 3.65. The summed E-state index contributed by atoms with van der Waals surface area (Å²) in [5, 5.41) is 7.40. The largest absolute Gasteiger partial charge is 0.316 e. The van der Waals surface area contributed by atoms with Gasteiger partial charge in [-0.05, 0) is 38.6 Å². The van der Waals surface area contributed by atoms with E-state index >= 15 is 0 Å². The van der Waals surface area contributed by atoms with Crippen molar-refractivity contribution < 1.29 is 0 Å². The molecule has 0 bridgehead atoms. The highest BCUT2D eigenvalue weighted by Gasteiger charge is 2.19. The summed E-state index contributed by atoms with van der Waals surface area (Å²) in [6.45, 7) is 3.23. The molecule has 0 saturated carbocycles. The maximum absolute atomic E-state index is 5.93. The van der Waals surface area contributed by atoms with Crippen LogP contribution in [0.25, 0.3) is 10.6 Å². The number of piperidine rings is 1. The molecule has 3 nitrogen and oxygen atoms in total. The van der Waals surface area contributed by atoms with Crippen LogP contribution in [-0.2, 0) is 6.54 Å². The summed E-state index contributed by atoms with van der Waals surface area (Å²) >= 11 is 7.64. The fourth-order valence-corrected chi connectivity index (χ4v) is 3.71. The topological polar surface area (TPSA) is 28.2 Å². The third kappa shape index (κ3) is 3.83. The zero-order valence-corrected chi connectivity index (χ0v) is 13.8. The van der Waals surface area contributed by atoms with Gasteiger partial charge >= 0.3 is 0 Å². The van der Waals surface area contributed by atoms with Crippen LogP contribution in [0, 0.1) is 0 Å². The molecule has 112 valence electrons. The second-order valence-corrected chi connectivity index (χ2v) is 6.81. The van der Waals surface area contributed by atoms with Crippen LogP contribution in [0.5, 0.6) is 0 Å². The summed E-state index contributed by atoms with van der Waals surface area (Å²) in [5.74, 6) is 0. The van der Waals surface area contributed by atoms with Gasteiger partial charge in [0.1, 0.15) is 5.01 Å². The number of aromatic nitrogens is 1. The highest BCUT2D eigenvalue weighted by Crippen LogP contribution is 2.26. The minimum atomic E-state index is 0.619. The number of likely N-dealkylation sites (tertiary alicyclic amines) is 1. The molecule has 5 heteroatoms. The zero-order chi connectivity index (χ0) is 14.7. The lowest BCUT2D eigenvalue weighted by Gasteiger charge is -2.31. The first kappa shape index (κ1) is 15.0. The van der Waals surface area contributed by atoms with E-state index in [0.29, 0.717) is 6.04 Å². The highest BCUT2D eigenvalue weighted by atomic mass is 35.5. The number of nitrogens with one attached hydrogen (secondary N) is 1. The van der Waals surface area contributed by atoms with Crippen LogP contribution in [0.4, 0.5) is 0 Å². The number of hydrogen-bond donors (Lipinski definition) is 1. The molecule has 1 aromatic carbocycles. The van der Waals surface area contributed by atoms with Crippen LogP contribution in [-0.4, -0.2) is 36.1 Å². The van der Waals surface area contributed by atoms with Crippen LogP contribution in [0.3, 0.4) is 0 Å². The fraction of sp³-hybridized carbons (Fsp3) is 0.438. The molecule has 1 N–H and O–H groups in total. The standard InChI is InChI=1S/C16H20ClN3S/c1-18-14-3-2-8-20(9-14)10-15-11-21-16(19-15)12-4-6-13(17)7-5-12/h4-7,11,14,18H,2-3,8-10H2,1H3. The lowest BCUT2D eigenvalue weighted by molar-refractivity contribution is 0.186. The van der Waals surface area contributed by atoms with Crippen molar-refractivity contribution in [2.75, 3.05) is 20.1 Å². The van der Waals surface area contributed by atoms with Crippen molar-refractivity contribution in [1.82, 2.24) is 15.2 Å². The number of nitrogens with zero attached hydrogens (tertiary/aromatic N) is 2. The van der Waals surface area contributed by atoms with Crippen molar-refractivity contribution in [2.24, 2.45) is 0 Å². The van der Waals surface area contributed by atoms with Gasteiger partial charge < -0.3 is 5.32 Å². The van der Waals surface area contributed by atoms with Crippen molar-refractivity contribution in [3.63, 3.8) is 0 Å². The first-order valence-corrected chi connectivity index (χ1v) is 8.60. The van der Waals surface area contributed by atoms with E-state index in [4.69, 9.17) is 16.6 Å². The van der Waals surface area contributed by atoms with Crippen LogP contribution in [0.1, 0.15) is 18.5 Å². The van der Waals surface area contributed by atoms with Crippen LogP contribution >= 0.6 is 22.9 Å². The Kier molecular flexibility index (Phi) is 4.91. The Morgan fingerprint density at radius 2 is 2.19 bits per heavy atom. The molecular weight excluding hydrogens is 302 g/mol. The van der Waals surface area contributed by atoms with Gasteiger partial charge in [0, 0.05) is 35.1 Å². The molecule has 0 aliphatic carbocycles. The molecule has 0 spiro atoms. The van der Waals surface area contributed by atoms with Gasteiger partial charge in [-0.3, -0.25) is 4.90 Å². The van der Waals surface area contributed by atoms with Crippen molar-refractivity contribution in [3.05, 3.63) is 40.4 Å².